The lowest BCUT2D eigenvalue weighted by Crippen LogP contribution is -2.45. The molecule has 2 heterocycles. The third kappa shape index (κ3) is 2.65. The third-order valence-electron chi connectivity index (χ3n) is 5.74. The molecular formula is C21H27NO2. The second kappa shape index (κ2) is 6.29. The Bertz CT molecular complexity index is 676. The molecule has 3 aliphatic rings. The summed E-state index contributed by atoms with van der Waals surface area (Å²) in [5.41, 5.74) is 3.95. The molecule has 1 aromatic rings. The molecule has 1 unspecified atom stereocenters. The van der Waals surface area contributed by atoms with Crippen molar-refractivity contribution in [2.45, 2.75) is 51.2 Å². The molecule has 1 aliphatic carbocycles. The van der Waals surface area contributed by atoms with Gasteiger partial charge in [-0.25, -0.2) is 0 Å². The van der Waals surface area contributed by atoms with Crippen molar-refractivity contribution >= 4 is 5.69 Å². The van der Waals surface area contributed by atoms with Crippen LogP contribution in [-0.2, 0) is 4.74 Å². The normalized spacial score (nSPS) is 31.9. The minimum atomic E-state index is 0.181. The van der Waals surface area contributed by atoms with E-state index >= 15 is 0 Å². The zero-order chi connectivity index (χ0) is 16.7. The van der Waals surface area contributed by atoms with Crippen molar-refractivity contribution in [2.75, 3.05) is 11.9 Å². The number of allylic oxidation sites excluding steroid dienone is 2. The van der Waals surface area contributed by atoms with Crippen LogP contribution in [0.3, 0.4) is 0 Å². The second-order valence-electron chi connectivity index (χ2n) is 7.63. The van der Waals surface area contributed by atoms with Crippen LogP contribution in [0.1, 0.15) is 56.3 Å². The third-order valence-corrected chi connectivity index (χ3v) is 5.74. The zero-order valence-electron chi connectivity index (χ0n) is 14.5. The Morgan fingerprint density at radius 3 is 2.96 bits per heavy atom. The Morgan fingerprint density at radius 1 is 1.29 bits per heavy atom. The molecule has 0 spiro atoms. The Balaban J connectivity index is 1.76. The summed E-state index contributed by atoms with van der Waals surface area (Å²) in [5.74, 6) is 1.65. The summed E-state index contributed by atoms with van der Waals surface area (Å²) < 4.78 is 6.25. The smallest absolute Gasteiger partial charge is 0.111 e. The average Bonchev–Trinajstić information content (AvgIpc) is 2.60. The van der Waals surface area contributed by atoms with E-state index in [9.17, 15) is 5.11 Å². The molecule has 0 radical (unpaired) electrons. The van der Waals surface area contributed by atoms with Gasteiger partial charge in [-0.3, -0.25) is 0 Å². The van der Waals surface area contributed by atoms with Gasteiger partial charge in [0, 0.05) is 35.7 Å². The Hall–Kier alpha value is -1.74. The first kappa shape index (κ1) is 15.8. The van der Waals surface area contributed by atoms with Crippen LogP contribution < -0.4 is 5.32 Å². The molecule has 2 N–H and O–H groups in total. The number of nitrogens with one attached hydrogen (secondary N) is 1. The summed E-state index contributed by atoms with van der Waals surface area (Å²) in [6, 6.07) is 6.93. The molecular weight excluding hydrogens is 298 g/mol. The minimum absolute atomic E-state index is 0.181. The number of rotatable bonds is 2. The van der Waals surface area contributed by atoms with Gasteiger partial charge in [-0.2, -0.15) is 0 Å². The van der Waals surface area contributed by atoms with Crippen molar-refractivity contribution in [1.29, 1.82) is 0 Å². The molecule has 128 valence electrons. The van der Waals surface area contributed by atoms with Crippen LogP contribution in [0.5, 0.6) is 0 Å². The van der Waals surface area contributed by atoms with Crippen molar-refractivity contribution in [3.63, 3.8) is 0 Å². The first-order chi connectivity index (χ1) is 11.6. The maximum absolute atomic E-state index is 9.96. The van der Waals surface area contributed by atoms with E-state index in [0.717, 1.165) is 19.4 Å². The highest BCUT2D eigenvalue weighted by atomic mass is 16.5. The molecule has 0 saturated carbocycles. The molecule has 2 aliphatic heterocycles. The van der Waals surface area contributed by atoms with E-state index in [-0.39, 0.29) is 6.10 Å². The fourth-order valence-electron chi connectivity index (χ4n) is 4.60. The highest BCUT2D eigenvalue weighted by molar-refractivity contribution is 5.63. The molecule has 4 rings (SSSR count). The number of benzene rings is 1. The van der Waals surface area contributed by atoms with E-state index in [4.69, 9.17) is 4.74 Å². The highest BCUT2D eigenvalue weighted by Gasteiger charge is 2.42. The molecule has 4 atom stereocenters. The quantitative estimate of drug-likeness (QED) is 0.796. The summed E-state index contributed by atoms with van der Waals surface area (Å²) in [7, 11) is 0. The van der Waals surface area contributed by atoms with Crippen molar-refractivity contribution in [1.82, 2.24) is 0 Å². The van der Waals surface area contributed by atoms with E-state index in [1.165, 1.54) is 23.2 Å². The zero-order valence-corrected chi connectivity index (χ0v) is 14.5. The summed E-state index contributed by atoms with van der Waals surface area (Å²) >= 11 is 0. The molecule has 3 nitrogen and oxygen atoms in total. The fourth-order valence-corrected chi connectivity index (χ4v) is 4.60. The van der Waals surface area contributed by atoms with Gasteiger partial charge in [-0.15, -0.1) is 0 Å². The predicted octanol–water partition coefficient (Wildman–Crippen LogP) is 5.09. The van der Waals surface area contributed by atoms with Gasteiger partial charge < -0.3 is 15.2 Å². The number of aliphatic hydroxyl groups excluding tert-OH is 1. The molecule has 1 fully saturated rings. The first-order valence-electron chi connectivity index (χ1n) is 9.23. The lowest BCUT2D eigenvalue weighted by Gasteiger charge is -2.46. The molecule has 24 heavy (non-hydrogen) atoms. The molecule has 0 bridgehead atoms. The Kier molecular flexibility index (Phi) is 4.13. The molecule has 0 aromatic heterocycles. The molecule has 1 aromatic carbocycles. The maximum atomic E-state index is 9.96. The monoisotopic (exact) mass is 325 g/mol. The van der Waals surface area contributed by atoms with Crippen LogP contribution in [0.2, 0.25) is 0 Å². The van der Waals surface area contributed by atoms with Gasteiger partial charge in [-0.05, 0) is 42.9 Å². The van der Waals surface area contributed by atoms with Crippen molar-refractivity contribution in [3.8, 4) is 0 Å². The van der Waals surface area contributed by atoms with Crippen LogP contribution in [0.25, 0.3) is 0 Å². The van der Waals surface area contributed by atoms with Crippen LogP contribution >= 0.6 is 0 Å². The van der Waals surface area contributed by atoms with Gasteiger partial charge >= 0.3 is 0 Å². The topological polar surface area (TPSA) is 41.5 Å². The van der Waals surface area contributed by atoms with Gasteiger partial charge in [0.25, 0.3) is 0 Å². The van der Waals surface area contributed by atoms with Crippen molar-refractivity contribution in [3.05, 3.63) is 53.3 Å². The van der Waals surface area contributed by atoms with E-state index in [2.05, 4.69) is 43.4 Å². The highest BCUT2D eigenvalue weighted by Crippen LogP contribution is 2.48. The van der Waals surface area contributed by atoms with E-state index in [1.807, 2.05) is 12.2 Å². The predicted molar refractivity (Wildman–Crippen MR) is 97.3 cm³/mol. The average molecular weight is 325 g/mol. The minimum Gasteiger partial charge on any atom is -0.508 e. The van der Waals surface area contributed by atoms with E-state index in [0.29, 0.717) is 29.6 Å². The lowest BCUT2D eigenvalue weighted by atomic mass is 9.73. The number of fused-ring (bicyclic) bond motifs is 3. The van der Waals surface area contributed by atoms with Crippen LogP contribution in [-0.4, -0.2) is 17.8 Å². The molecule has 1 saturated heterocycles. The molecule has 0 amide bonds. The van der Waals surface area contributed by atoms with Crippen LogP contribution in [0.15, 0.2) is 42.2 Å². The standard InChI is InChI=1S/C21H27NO2/c1-13(2)16-8-4-9-18-20(16)22-19(14-6-3-7-15(23)12-14)17-10-5-11-24-21(17)18/h3-4,7-9,12-14,17,19,21-23H,5-6,10-11H2,1-2H3/t14?,17-,19-,21-/m0/s1. The Labute approximate surface area is 144 Å². The summed E-state index contributed by atoms with van der Waals surface area (Å²) in [6.07, 6.45) is 9.38. The molecule has 3 heteroatoms. The first-order valence-corrected chi connectivity index (χ1v) is 9.23. The van der Waals surface area contributed by atoms with Gasteiger partial charge in [-0.1, -0.05) is 38.1 Å². The SMILES string of the molecule is CC(C)c1cccc2c1N[C@@H](C1C=C(O)C=CC1)[C@@H]1CCCO[C@H]21. The maximum Gasteiger partial charge on any atom is 0.111 e. The van der Waals surface area contributed by atoms with Gasteiger partial charge in [0.1, 0.15) is 5.76 Å². The van der Waals surface area contributed by atoms with E-state index < -0.39 is 0 Å². The van der Waals surface area contributed by atoms with Gasteiger partial charge in [0.05, 0.1) is 6.10 Å². The Morgan fingerprint density at radius 2 is 2.17 bits per heavy atom. The van der Waals surface area contributed by atoms with E-state index in [1.54, 1.807) is 0 Å². The number of ether oxygens (including phenoxy) is 1. The number of hydrogen-bond acceptors (Lipinski definition) is 3. The fraction of sp³-hybridized carbons (Fsp3) is 0.524. The van der Waals surface area contributed by atoms with Crippen molar-refractivity contribution in [2.24, 2.45) is 11.8 Å². The van der Waals surface area contributed by atoms with Crippen LogP contribution in [0, 0.1) is 11.8 Å². The number of hydrogen-bond donors (Lipinski definition) is 2. The summed E-state index contributed by atoms with van der Waals surface area (Å²) in [6.45, 7) is 5.34. The van der Waals surface area contributed by atoms with Gasteiger partial charge in [0.15, 0.2) is 0 Å². The van der Waals surface area contributed by atoms with Crippen LogP contribution in [0.4, 0.5) is 5.69 Å². The summed E-state index contributed by atoms with van der Waals surface area (Å²) in [5, 5.41) is 13.8. The number of aliphatic hydroxyl groups is 1. The van der Waals surface area contributed by atoms with Crippen molar-refractivity contribution < 1.29 is 9.84 Å². The largest absolute Gasteiger partial charge is 0.508 e. The number of anilines is 1. The van der Waals surface area contributed by atoms with Gasteiger partial charge in [0.2, 0.25) is 0 Å². The lowest BCUT2D eigenvalue weighted by molar-refractivity contribution is -0.0419. The summed E-state index contributed by atoms with van der Waals surface area (Å²) in [4.78, 5) is 0. The number of para-hydroxylation sites is 1. The second-order valence-corrected chi connectivity index (χ2v) is 7.63.